The van der Waals surface area contributed by atoms with E-state index in [1.54, 1.807) is 7.11 Å². The summed E-state index contributed by atoms with van der Waals surface area (Å²) in [6.45, 7) is 3.77. The lowest BCUT2D eigenvalue weighted by Gasteiger charge is -2.29. The van der Waals surface area contributed by atoms with Crippen molar-refractivity contribution >= 4 is 17.3 Å². The van der Waals surface area contributed by atoms with E-state index in [1.165, 1.54) is 0 Å². The topological polar surface area (TPSA) is 74.5 Å². The normalized spacial score (nSPS) is 16.5. The predicted octanol–water partition coefficient (Wildman–Crippen LogP) is 1.89. The van der Waals surface area contributed by atoms with Crippen LogP contribution >= 0.6 is 0 Å². The summed E-state index contributed by atoms with van der Waals surface area (Å²) in [6, 6.07) is 9.99. The second kappa shape index (κ2) is 6.57. The van der Waals surface area contributed by atoms with Crippen LogP contribution in [0.1, 0.15) is 11.4 Å². The highest BCUT2D eigenvalue weighted by Crippen LogP contribution is 2.38. The highest BCUT2D eigenvalue weighted by Gasteiger charge is 2.29. The number of fused-ring (bicyclic) bond motifs is 1. The minimum Gasteiger partial charge on any atom is -0.497 e. The second-order valence-electron chi connectivity index (χ2n) is 5.98. The van der Waals surface area contributed by atoms with Gasteiger partial charge in [0.15, 0.2) is 0 Å². The van der Waals surface area contributed by atoms with Gasteiger partial charge in [-0.05, 0) is 30.7 Å². The zero-order valence-corrected chi connectivity index (χ0v) is 14.1. The van der Waals surface area contributed by atoms with E-state index in [0.29, 0.717) is 13.2 Å². The van der Waals surface area contributed by atoms with E-state index >= 15 is 0 Å². The molecule has 25 heavy (non-hydrogen) atoms. The Morgan fingerprint density at radius 2 is 1.80 bits per heavy atom. The van der Waals surface area contributed by atoms with Gasteiger partial charge in [0.05, 0.1) is 20.3 Å². The molecule has 0 aliphatic carbocycles. The van der Waals surface area contributed by atoms with Gasteiger partial charge in [0.25, 0.3) is 0 Å². The van der Waals surface area contributed by atoms with E-state index in [9.17, 15) is 5.26 Å². The van der Waals surface area contributed by atoms with E-state index in [4.69, 9.17) is 9.47 Å². The number of anilines is 3. The van der Waals surface area contributed by atoms with E-state index in [0.717, 1.165) is 54.7 Å². The van der Waals surface area contributed by atoms with Crippen molar-refractivity contribution in [2.75, 3.05) is 49.8 Å². The fraction of sp³-hybridized carbons (Fsp3) is 0.389. The monoisotopic (exact) mass is 337 g/mol. The third kappa shape index (κ3) is 2.85. The van der Waals surface area contributed by atoms with Crippen molar-refractivity contribution in [1.82, 2.24) is 9.97 Å². The molecule has 1 aromatic heterocycles. The minimum atomic E-state index is 0.209. The maximum Gasteiger partial charge on any atom is 0.236 e. The molecule has 128 valence electrons. The largest absolute Gasteiger partial charge is 0.497 e. The van der Waals surface area contributed by atoms with Crippen LogP contribution in [0, 0.1) is 11.3 Å². The van der Waals surface area contributed by atoms with Gasteiger partial charge in [-0.1, -0.05) is 0 Å². The Bertz CT molecular complexity index is 809. The number of aromatic nitrogens is 2. The van der Waals surface area contributed by atoms with Crippen LogP contribution in [0.2, 0.25) is 0 Å². The van der Waals surface area contributed by atoms with Gasteiger partial charge in [0, 0.05) is 30.9 Å². The minimum absolute atomic E-state index is 0.209. The molecule has 3 heterocycles. The molecular weight excluding hydrogens is 318 g/mol. The van der Waals surface area contributed by atoms with Gasteiger partial charge in [-0.3, -0.25) is 0 Å². The van der Waals surface area contributed by atoms with Crippen LogP contribution < -0.4 is 14.5 Å². The summed E-state index contributed by atoms with van der Waals surface area (Å²) in [4.78, 5) is 13.3. The average Bonchev–Trinajstić information content (AvgIpc) is 3.12. The summed E-state index contributed by atoms with van der Waals surface area (Å²) in [5.74, 6) is 2.73. The number of hydrogen-bond donors (Lipinski definition) is 0. The van der Waals surface area contributed by atoms with Gasteiger partial charge in [-0.15, -0.1) is 0 Å². The maximum absolute atomic E-state index is 9.36. The summed E-state index contributed by atoms with van der Waals surface area (Å²) >= 11 is 0. The Balaban J connectivity index is 1.74. The fourth-order valence-corrected chi connectivity index (χ4v) is 3.34. The van der Waals surface area contributed by atoms with Gasteiger partial charge in [0.2, 0.25) is 5.82 Å². The molecule has 0 amide bonds. The number of nitrogens with zero attached hydrogens (tertiary/aromatic N) is 5. The fourth-order valence-electron chi connectivity index (χ4n) is 3.34. The number of benzene rings is 1. The lowest BCUT2D eigenvalue weighted by atomic mass is 10.2. The predicted molar refractivity (Wildman–Crippen MR) is 93.5 cm³/mol. The molecule has 0 radical (unpaired) electrons. The summed E-state index contributed by atoms with van der Waals surface area (Å²) < 4.78 is 10.7. The molecule has 0 unspecified atom stereocenters. The lowest BCUT2D eigenvalue weighted by molar-refractivity contribution is 0.122. The molecule has 0 N–H and O–H groups in total. The Labute approximate surface area is 146 Å². The van der Waals surface area contributed by atoms with Crippen molar-refractivity contribution < 1.29 is 9.47 Å². The lowest BCUT2D eigenvalue weighted by Crippen LogP contribution is -2.37. The quantitative estimate of drug-likeness (QED) is 0.846. The molecular formula is C18H19N5O2. The molecule has 0 bridgehead atoms. The molecule has 4 rings (SSSR count). The van der Waals surface area contributed by atoms with E-state index in [1.807, 2.05) is 24.3 Å². The average molecular weight is 337 g/mol. The molecule has 1 aromatic carbocycles. The van der Waals surface area contributed by atoms with Crippen molar-refractivity contribution in [3.8, 4) is 11.8 Å². The number of morpholine rings is 1. The summed E-state index contributed by atoms with van der Waals surface area (Å²) in [6.07, 6.45) is 0.861. The Morgan fingerprint density at radius 1 is 1.08 bits per heavy atom. The first-order chi connectivity index (χ1) is 12.3. The van der Waals surface area contributed by atoms with Gasteiger partial charge >= 0.3 is 0 Å². The molecule has 2 aliphatic heterocycles. The Morgan fingerprint density at radius 3 is 2.48 bits per heavy atom. The highest BCUT2D eigenvalue weighted by molar-refractivity contribution is 5.72. The first-order valence-corrected chi connectivity index (χ1v) is 8.35. The highest BCUT2D eigenvalue weighted by atomic mass is 16.5. The Kier molecular flexibility index (Phi) is 4.12. The van der Waals surface area contributed by atoms with Crippen LogP contribution in [0.4, 0.5) is 17.3 Å². The second-order valence-corrected chi connectivity index (χ2v) is 5.98. The molecule has 7 nitrogen and oxygen atoms in total. The Hall–Kier alpha value is -2.85. The molecule has 2 aliphatic rings. The van der Waals surface area contributed by atoms with Crippen molar-refractivity contribution in [1.29, 1.82) is 5.26 Å². The van der Waals surface area contributed by atoms with Crippen LogP contribution in [0.5, 0.6) is 5.75 Å². The van der Waals surface area contributed by atoms with E-state index < -0.39 is 0 Å². The van der Waals surface area contributed by atoms with Crippen LogP contribution in [-0.4, -0.2) is 49.9 Å². The maximum atomic E-state index is 9.36. The molecule has 0 atom stereocenters. The summed E-state index contributed by atoms with van der Waals surface area (Å²) in [7, 11) is 1.65. The first-order valence-electron chi connectivity index (χ1n) is 8.35. The number of methoxy groups -OCH3 is 1. The third-order valence-corrected chi connectivity index (χ3v) is 4.60. The molecule has 0 spiro atoms. The summed E-state index contributed by atoms with van der Waals surface area (Å²) in [5, 5.41) is 9.36. The van der Waals surface area contributed by atoms with Crippen molar-refractivity contribution in [3.05, 3.63) is 35.7 Å². The van der Waals surface area contributed by atoms with Gasteiger partial charge in [-0.25, -0.2) is 9.97 Å². The van der Waals surface area contributed by atoms with Crippen molar-refractivity contribution in [2.45, 2.75) is 6.42 Å². The number of rotatable bonds is 3. The first kappa shape index (κ1) is 15.7. The molecule has 1 fully saturated rings. The standard InChI is InChI=1S/C18H19N5O2/c1-24-14-4-2-13(3-5-14)23-7-6-15-17(22-8-10-25-11-9-22)20-16(12-19)21-18(15)23/h2-5H,6-11H2,1H3. The van der Waals surface area contributed by atoms with Crippen LogP contribution in [-0.2, 0) is 11.2 Å². The van der Waals surface area contributed by atoms with Crippen LogP contribution in [0.25, 0.3) is 0 Å². The smallest absolute Gasteiger partial charge is 0.236 e. The van der Waals surface area contributed by atoms with Gasteiger partial charge < -0.3 is 19.3 Å². The molecule has 0 saturated carbocycles. The van der Waals surface area contributed by atoms with Crippen LogP contribution in [0.3, 0.4) is 0 Å². The molecule has 1 saturated heterocycles. The van der Waals surface area contributed by atoms with E-state index in [-0.39, 0.29) is 5.82 Å². The zero-order chi connectivity index (χ0) is 17.2. The zero-order valence-electron chi connectivity index (χ0n) is 14.1. The van der Waals surface area contributed by atoms with Crippen molar-refractivity contribution in [2.24, 2.45) is 0 Å². The molecule has 2 aromatic rings. The number of ether oxygens (including phenoxy) is 2. The SMILES string of the molecule is COc1ccc(N2CCc3c(N4CCOCC4)nc(C#N)nc32)cc1. The van der Waals surface area contributed by atoms with Crippen LogP contribution in [0.15, 0.2) is 24.3 Å². The van der Waals surface area contributed by atoms with E-state index in [2.05, 4.69) is 25.8 Å². The molecule has 7 heteroatoms. The van der Waals surface area contributed by atoms with Gasteiger partial charge in [0.1, 0.15) is 23.5 Å². The number of nitriles is 1. The van der Waals surface area contributed by atoms with Gasteiger partial charge in [-0.2, -0.15) is 5.26 Å². The number of hydrogen-bond acceptors (Lipinski definition) is 7. The third-order valence-electron chi connectivity index (χ3n) is 4.60. The van der Waals surface area contributed by atoms with Crippen molar-refractivity contribution in [3.63, 3.8) is 0 Å². The summed E-state index contributed by atoms with van der Waals surface area (Å²) in [5.41, 5.74) is 2.15.